The van der Waals surface area contributed by atoms with Crippen LogP contribution >= 0.6 is 0 Å². The predicted molar refractivity (Wildman–Crippen MR) is 69.4 cm³/mol. The molecule has 1 aromatic carbocycles. The molecule has 0 saturated heterocycles. The first kappa shape index (κ1) is 13.0. The van der Waals surface area contributed by atoms with Crippen LogP contribution in [-0.2, 0) is 10.2 Å². The highest BCUT2D eigenvalue weighted by Crippen LogP contribution is 2.34. The van der Waals surface area contributed by atoms with Gasteiger partial charge >= 0.3 is 5.72 Å². The van der Waals surface area contributed by atoms with Crippen molar-refractivity contribution >= 4 is 8.32 Å². The van der Waals surface area contributed by atoms with Gasteiger partial charge in [0.05, 0.1) is 12.0 Å². The van der Waals surface area contributed by atoms with Crippen molar-refractivity contribution in [3.05, 3.63) is 47.3 Å². The summed E-state index contributed by atoms with van der Waals surface area (Å²) in [6.07, 6.45) is 0.685. The fraction of sp³-hybridized carbons (Fsp3) is 0.462. The molecule has 0 radical (unpaired) electrons. The van der Waals surface area contributed by atoms with Crippen molar-refractivity contribution in [1.29, 1.82) is 0 Å². The van der Waals surface area contributed by atoms with Crippen LogP contribution in [0.3, 0.4) is 0 Å². The highest BCUT2D eigenvalue weighted by atomic mass is 28.4. The van der Waals surface area contributed by atoms with Gasteiger partial charge in [-0.1, -0.05) is 25.1 Å². The van der Waals surface area contributed by atoms with Crippen molar-refractivity contribution in [2.24, 2.45) is 0 Å². The standard InChI is InChI=1S/C13H19NOSi/c1-6-13(14-2,15-16(3,4)5)12-10-8-7-9-11-12/h7-11H,6H2,1,3-5H3. The molecule has 0 fully saturated rings. The molecule has 1 unspecified atom stereocenters. The Balaban J connectivity index is 3.13. The van der Waals surface area contributed by atoms with Gasteiger partial charge in [0.2, 0.25) is 0 Å². The first-order chi connectivity index (χ1) is 7.43. The monoisotopic (exact) mass is 233 g/mol. The first-order valence-electron chi connectivity index (χ1n) is 5.58. The molecule has 0 aliphatic rings. The normalized spacial score (nSPS) is 15.2. The maximum absolute atomic E-state index is 7.45. The highest BCUT2D eigenvalue weighted by Gasteiger charge is 2.42. The first-order valence-corrected chi connectivity index (χ1v) is 8.99. The lowest BCUT2D eigenvalue weighted by Gasteiger charge is -2.28. The molecule has 1 aromatic rings. The van der Waals surface area contributed by atoms with Gasteiger partial charge < -0.3 is 4.43 Å². The van der Waals surface area contributed by atoms with Gasteiger partial charge in [-0.05, 0) is 31.8 Å². The molecule has 0 aliphatic carbocycles. The quantitative estimate of drug-likeness (QED) is 0.565. The lowest BCUT2D eigenvalue weighted by Crippen LogP contribution is -2.38. The Bertz CT molecular complexity index is 377. The van der Waals surface area contributed by atoms with Crippen molar-refractivity contribution in [2.75, 3.05) is 0 Å². The number of hydrogen-bond donors (Lipinski definition) is 0. The van der Waals surface area contributed by atoms with E-state index < -0.39 is 14.0 Å². The van der Waals surface area contributed by atoms with Crippen LogP contribution in [0.25, 0.3) is 4.85 Å². The molecular formula is C13H19NOSi. The molecule has 0 N–H and O–H groups in total. The zero-order valence-electron chi connectivity index (χ0n) is 10.4. The lowest BCUT2D eigenvalue weighted by atomic mass is 10.0. The summed E-state index contributed by atoms with van der Waals surface area (Å²) in [5.41, 5.74) is 0.182. The molecule has 3 heteroatoms. The summed E-state index contributed by atoms with van der Waals surface area (Å²) < 4.78 is 6.09. The van der Waals surface area contributed by atoms with E-state index in [1.807, 2.05) is 37.3 Å². The van der Waals surface area contributed by atoms with Gasteiger partial charge in [0, 0.05) is 0 Å². The summed E-state index contributed by atoms with van der Waals surface area (Å²) in [5, 5.41) is 0. The molecule has 0 saturated carbocycles. The average molecular weight is 233 g/mol. The van der Waals surface area contributed by atoms with Crippen LogP contribution in [0.15, 0.2) is 30.3 Å². The molecule has 0 aliphatic heterocycles. The van der Waals surface area contributed by atoms with E-state index in [1.54, 1.807) is 0 Å². The van der Waals surface area contributed by atoms with Crippen molar-refractivity contribution in [2.45, 2.75) is 38.7 Å². The molecule has 0 spiro atoms. The second kappa shape index (κ2) is 4.81. The fourth-order valence-electron chi connectivity index (χ4n) is 1.71. The summed E-state index contributed by atoms with van der Waals surface area (Å²) in [4.78, 5) is 3.76. The summed E-state index contributed by atoms with van der Waals surface area (Å²) in [6, 6.07) is 9.82. The van der Waals surface area contributed by atoms with Crippen molar-refractivity contribution in [1.82, 2.24) is 0 Å². The van der Waals surface area contributed by atoms with Crippen LogP contribution in [0.5, 0.6) is 0 Å². The van der Waals surface area contributed by atoms with Crippen LogP contribution in [0, 0.1) is 6.57 Å². The van der Waals surface area contributed by atoms with E-state index >= 15 is 0 Å². The third kappa shape index (κ3) is 2.94. The van der Waals surface area contributed by atoms with Gasteiger partial charge in [-0.3, -0.25) is 4.85 Å². The molecule has 0 heterocycles. The Morgan fingerprint density at radius 1 is 1.25 bits per heavy atom. The van der Waals surface area contributed by atoms with Crippen LogP contribution in [0.1, 0.15) is 18.9 Å². The Morgan fingerprint density at radius 2 is 1.81 bits per heavy atom. The van der Waals surface area contributed by atoms with E-state index in [0.29, 0.717) is 6.42 Å². The van der Waals surface area contributed by atoms with E-state index in [9.17, 15) is 0 Å². The van der Waals surface area contributed by atoms with E-state index in [-0.39, 0.29) is 0 Å². The maximum atomic E-state index is 7.45. The van der Waals surface area contributed by atoms with E-state index in [2.05, 4.69) is 24.5 Å². The number of nitrogens with zero attached hydrogens (tertiary/aromatic N) is 1. The third-order valence-corrected chi connectivity index (χ3v) is 3.31. The molecule has 86 valence electrons. The molecule has 16 heavy (non-hydrogen) atoms. The average Bonchev–Trinajstić information content (AvgIpc) is 2.26. The molecule has 1 rings (SSSR count). The van der Waals surface area contributed by atoms with Crippen LogP contribution in [0.2, 0.25) is 19.6 Å². The van der Waals surface area contributed by atoms with Crippen molar-refractivity contribution in [3.8, 4) is 0 Å². The van der Waals surface area contributed by atoms with E-state index in [0.717, 1.165) is 5.56 Å². The Kier molecular flexibility index (Phi) is 3.90. The second-order valence-electron chi connectivity index (χ2n) is 4.83. The SMILES string of the molecule is [C-]#[N+]C(CC)(O[Si](C)(C)C)c1ccccc1. The van der Waals surface area contributed by atoms with E-state index in [1.165, 1.54) is 0 Å². The smallest absolute Gasteiger partial charge is 0.347 e. The van der Waals surface area contributed by atoms with Gasteiger partial charge in [-0.2, -0.15) is 0 Å². The largest absolute Gasteiger partial charge is 0.354 e. The Labute approximate surface area is 99.2 Å². The maximum Gasteiger partial charge on any atom is 0.354 e. The molecule has 1 atom stereocenters. The number of hydrogen-bond acceptors (Lipinski definition) is 1. The lowest BCUT2D eigenvalue weighted by molar-refractivity contribution is 0.103. The molecular weight excluding hydrogens is 214 g/mol. The van der Waals surface area contributed by atoms with Gasteiger partial charge in [-0.25, -0.2) is 6.57 Å². The fourth-order valence-corrected chi connectivity index (χ4v) is 3.03. The van der Waals surface area contributed by atoms with Crippen molar-refractivity contribution in [3.63, 3.8) is 0 Å². The molecule has 0 amide bonds. The topological polar surface area (TPSA) is 13.6 Å². The summed E-state index contributed by atoms with van der Waals surface area (Å²) >= 11 is 0. The molecule has 0 bridgehead atoms. The summed E-state index contributed by atoms with van der Waals surface area (Å²) in [7, 11) is -1.73. The van der Waals surface area contributed by atoms with Crippen LogP contribution < -0.4 is 0 Å². The summed E-state index contributed by atoms with van der Waals surface area (Å²) in [6.45, 7) is 15.8. The van der Waals surface area contributed by atoms with Gasteiger partial charge in [0.1, 0.15) is 0 Å². The minimum atomic E-state index is -1.73. The minimum absolute atomic E-state index is 0.685. The van der Waals surface area contributed by atoms with Gasteiger partial charge in [0.15, 0.2) is 8.32 Å². The Hall–Kier alpha value is -1.11. The number of rotatable bonds is 4. The Morgan fingerprint density at radius 3 is 2.19 bits per heavy atom. The van der Waals surface area contributed by atoms with Gasteiger partial charge in [-0.15, -0.1) is 0 Å². The predicted octanol–water partition coefficient (Wildman–Crippen LogP) is 4.02. The zero-order valence-corrected chi connectivity index (χ0v) is 11.4. The second-order valence-corrected chi connectivity index (χ2v) is 9.26. The minimum Gasteiger partial charge on any atom is -0.347 e. The van der Waals surface area contributed by atoms with Gasteiger partial charge in [0.25, 0.3) is 0 Å². The molecule has 0 aromatic heterocycles. The van der Waals surface area contributed by atoms with E-state index in [4.69, 9.17) is 11.0 Å². The van der Waals surface area contributed by atoms with Crippen LogP contribution in [-0.4, -0.2) is 8.32 Å². The third-order valence-electron chi connectivity index (χ3n) is 2.36. The van der Waals surface area contributed by atoms with Crippen LogP contribution in [0.4, 0.5) is 0 Å². The molecule has 2 nitrogen and oxygen atoms in total. The number of benzene rings is 1. The summed E-state index contributed by atoms with van der Waals surface area (Å²) in [5.74, 6) is 0. The zero-order chi connectivity index (χ0) is 12.2. The highest BCUT2D eigenvalue weighted by molar-refractivity contribution is 6.69. The van der Waals surface area contributed by atoms with Crippen molar-refractivity contribution < 1.29 is 4.43 Å².